The van der Waals surface area contributed by atoms with Crippen molar-refractivity contribution in [3.8, 4) is 5.69 Å². The van der Waals surface area contributed by atoms with Crippen molar-refractivity contribution < 1.29 is 14.4 Å². The van der Waals surface area contributed by atoms with E-state index in [0.717, 1.165) is 0 Å². The summed E-state index contributed by atoms with van der Waals surface area (Å²) in [6, 6.07) is 6.30. The van der Waals surface area contributed by atoms with Gasteiger partial charge in [0.2, 0.25) is 5.91 Å². The van der Waals surface area contributed by atoms with E-state index in [1.165, 1.54) is 19.2 Å². The standard InChI is InChI=1S/C20H16BrCl2N5O3/c1-10-5-13(22)7-14(19(30)27-26-11(2)29)18(10)25-20(31)17-6-12(21)9-28(17)16-3-4-24-8-15(16)23/h3-9H,1-2H3,(H,25,31)(H,26,29)(H,27,30). The molecule has 0 aliphatic carbocycles. The van der Waals surface area contributed by atoms with E-state index in [1.807, 2.05) is 0 Å². The Kier molecular flexibility index (Phi) is 6.99. The van der Waals surface area contributed by atoms with E-state index >= 15 is 0 Å². The van der Waals surface area contributed by atoms with Gasteiger partial charge in [0, 0.05) is 35.0 Å². The van der Waals surface area contributed by atoms with Gasteiger partial charge < -0.3 is 9.88 Å². The highest BCUT2D eigenvalue weighted by atomic mass is 79.9. The van der Waals surface area contributed by atoms with Crippen molar-refractivity contribution >= 4 is 62.5 Å². The number of hydrogen-bond donors (Lipinski definition) is 3. The van der Waals surface area contributed by atoms with Gasteiger partial charge in [-0.3, -0.25) is 30.2 Å². The zero-order chi connectivity index (χ0) is 22.7. The van der Waals surface area contributed by atoms with Crippen LogP contribution in [-0.2, 0) is 4.79 Å². The van der Waals surface area contributed by atoms with Crippen LogP contribution in [0.15, 0.2) is 47.3 Å². The van der Waals surface area contributed by atoms with Gasteiger partial charge in [0.15, 0.2) is 0 Å². The Morgan fingerprint density at radius 1 is 1.10 bits per heavy atom. The number of hydrogen-bond acceptors (Lipinski definition) is 4. The van der Waals surface area contributed by atoms with Crippen molar-refractivity contribution in [2.75, 3.05) is 5.32 Å². The second kappa shape index (κ2) is 9.51. The third kappa shape index (κ3) is 5.25. The molecule has 0 saturated carbocycles. The maximum atomic E-state index is 13.2. The summed E-state index contributed by atoms with van der Waals surface area (Å²) in [5, 5.41) is 3.43. The fourth-order valence-corrected chi connectivity index (χ4v) is 3.75. The number of anilines is 1. The molecule has 0 aliphatic rings. The number of amides is 3. The lowest BCUT2D eigenvalue weighted by atomic mass is 10.1. The Morgan fingerprint density at radius 2 is 1.84 bits per heavy atom. The van der Waals surface area contributed by atoms with Crippen molar-refractivity contribution in [1.82, 2.24) is 20.4 Å². The highest BCUT2D eigenvalue weighted by Crippen LogP contribution is 2.28. The van der Waals surface area contributed by atoms with Crippen LogP contribution >= 0.6 is 39.1 Å². The predicted molar refractivity (Wildman–Crippen MR) is 122 cm³/mol. The molecule has 3 aromatic rings. The fourth-order valence-electron chi connectivity index (χ4n) is 2.85. The van der Waals surface area contributed by atoms with Gasteiger partial charge in [0.25, 0.3) is 11.8 Å². The zero-order valence-electron chi connectivity index (χ0n) is 16.3. The highest BCUT2D eigenvalue weighted by molar-refractivity contribution is 9.10. The fraction of sp³-hybridized carbons (Fsp3) is 0.100. The quantitative estimate of drug-likeness (QED) is 0.443. The van der Waals surface area contributed by atoms with Crippen LogP contribution in [0.4, 0.5) is 5.69 Å². The lowest BCUT2D eigenvalue weighted by molar-refractivity contribution is -0.119. The first-order valence-electron chi connectivity index (χ1n) is 8.83. The minimum atomic E-state index is -0.634. The molecule has 0 atom stereocenters. The van der Waals surface area contributed by atoms with E-state index in [9.17, 15) is 14.4 Å². The first kappa shape index (κ1) is 22.8. The Labute approximate surface area is 196 Å². The van der Waals surface area contributed by atoms with Crippen LogP contribution in [-0.4, -0.2) is 27.3 Å². The number of halogens is 3. The van der Waals surface area contributed by atoms with E-state index < -0.39 is 17.7 Å². The normalized spacial score (nSPS) is 10.5. The van der Waals surface area contributed by atoms with Gasteiger partial charge in [-0.15, -0.1) is 0 Å². The maximum Gasteiger partial charge on any atom is 0.272 e. The molecule has 0 unspecified atom stereocenters. The summed E-state index contributed by atoms with van der Waals surface area (Å²) in [7, 11) is 0. The van der Waals surface area contributed by atoms with Gasteiger partial charge in [-0.25, -0.2) is 0 Å². The number of carbonyl (C=O) groups excluding carboxylic acids is 3. The van der Waals surface area contributed by atoms with Gasteiger partial charge in [-0.1, -0.05) is 23.2 Å². The molecule has 31 heavy (non-hydrogen) atoms. The molecular formula is C20H16BrCl2N5O3. The minimum Gasteiger partial charge on any atom is -0.320 e. The Bertz CT molecular complexity index is 1200. The van der Waals surface area contributed by atoms with Gasteiger partial charge in [-0.2, -0.15) is 0 Å². The second-order valence-corrected chi connectivity index (χ2v) is 8.23. The summed E-state index contributed by atoms with van der Waals surface area (Å²) in [6.45, 7) is 2.95. The number of aryl methyl sites for hydroxylation is 1. The number of hydrazine groups is 1. The average Bonchev–Trinajstić information content (AvgIpc) is 3.09. The average molecular weight is 525 g/mol. The predicted octanol–water partition coefficient (Wildman–Crippen LogP) is 4.28. The number of aromatic nitrogens is 2. The molecule has 11 heteroatoms. The van der Waals surface area contributed by atoms with Crippen LogP contribution in [0.5, 0.6) is 0 Å². The van der Waals surface area contributed by atoms with Crippen LogP contribution in [0.3, 0.4) is 0 Å². The molecule has 0 fully saturated rings. The Balaban J connectivity index is 1.99. The molecule has 0 saturated heterocycles. The molecule has 0 aliphatic heterocycles. The molecule has 0 bridgehead atoms. The molecule has 160 valence electrons. The van der Waals surface area contributed by atoms with E-state index in [4.69, 9.17) is 23.2 Å². The third-order valence-electron chi connectivity index (χ3n) is 4.17. The first-order valence-corrected chi connectivity index (χ1v) is 10.4. The molecule has 3 rings (SSSR count). The molecule has 0 radical (unpaired) electrons. The third-order valence-corrected chi connectivity index (χ3v) is 5.11. The van der Waals surface area contributed by atoms with Gasteiger partial charge in [0.1, 0.15) is 5.69 Å². The molecule has 1 aromatic carbocycles. The number of carbonyl (C=O) groups is 3. The molecule has 0 spiro atoms. The molecular weight excluding hydrogens is 509 g/mol. The summed E-state index contributed by atoms with van der Waals surface area (Å²) in [4.78, 5) is 40.8. The van der Waals surface area contributed by atoms with Gasteiger partial charge in [-0.05, 0) is 52.7 Å². The van der Waals surface area contributed by atoms with Crippen molar-refractivity contribution in [3.05, 3.63) is 74.2 Å². The van der Waals surface area contributed by atoms with E-state index in [0.29, 0.717) is 25.8 Å². The lowest BCUT2D eigenvalue weighted by Crippen LogP contribution is -2.40. The van der Waals surface area contributed by atoms with E-state index in [2.05, 4.69) is 37.1 Å². The number of nitrogens with one attached hydrogen (secondary N) is 3. The summed E-state index contributed by atoms with van der Waals surface area (Å²) in [5.74, 6) is -1.57. The smallest absolute Gasteiger partial charge is 0.272 e. The Morgan fingerprint density at radius 3 is 2.52 bits per heavy atom. The lowest BCUT2D eigenvalue weighted by Gasteiger charge is -2.16. The van der Waals surface area contributed by atoms with Gasteiger partial charge in [0.05, 0.1) is 22.0 Å². The number of pyridine rings is 1. The topological polar surface area (TPSA) is 105 Å². The Hall–Kier alpha value is -2.88. The molecule has 3 N–H and O–H groups in total. The van der Waals surface area contributed by atoms with E-state index in [1.54, 1.807) is 42.1 Å². The van der Waals surface area contributed by atoms with Crippen LogP contribution < -0.4 is 16.2 Å². The number of benzene rings is 1. The molecule has 2 heterocycles. The molecule has 2 aromatic heterocycles. The van der Waals surface area contributed by atoms with Gasteiger partial charge >= 0.3 is 0 Å². The monoisotopic (exact) mass is 523 g/mol. The number of nitrogens with zero attached hydrogens (tertiary/aromatic N) is 2. The molecule has 3 amide bonds. The van der Waals surface area contributed by atoms with E-state index in [-0.39, 0.29) is 16.9 Å². The summed E-state index contributed by atoms with van der Waals surface area (Å²) in [5.41, 5.74) is 6.21. The minimum absolute atomic E-state index is 0.0891. The SMILES string of the molecule is CC(=O)NNC(=O)c1cc(Cl)cc(C)c1NC(=O)c1cc(Br)cn1-c1ccncc1Cl. The van der Waals surface area contributed by atoms with Crippen molar-refractivity contribution in [1.29, 1.82) is 0 Å². The molecule has 8 nitrogen and oxygen atoms in total. The van der Waals surface area contributed by atoms with Crippen LogP contribution in [0.1, 0.15) is 33.3 Å². The van der Waals surface area contributed by atoms with Crippen LogP contribution in [0.25, 0.3) is 5.69 Å². The van der Waals surface area contributed by atoms with Crippen molar-refractivity contribution in [2.24, 2.45) is 0 Å². The maximum absolute atomic E-state index is 13.2. The summed E-state index contributed by atoms with van der Waals surface area (Å²) in [6.07, 6.45) is 4.72. The highest BCUT2D eigenvalue weighted by Gasteiger charge is 2.21. The number of rotatable bonds is 4. The summed E-state index contributed by atoms with van der Waals surface area (Å²) < 4.78 is 2.26. The van der Waals surface area contributed by atoms with Crippen molar-refractivity contribution in [2.45, 2.75) is 13.8 Å². The largest absolute Gasteiger partial charge is 0.320 e. The second-order valence-electron chi connectivity index (χ2n) is 6.48. The van der Waals surface area contributed by atoms with Crippen LogP contribution in [0, 0.1) is 6.92 Å². The van der Waals surface area contributed by atoms with Crippen LogP contribution in [0.2, 0.25) is 10.0 Å². The zero-order valence-corrected chi connectivity index (χ0v) is 19.4. The summed E-state index contributed by atoms with van der Waals surface area (Å²) >= 11 is 15.7. The van der Waals surface area contributed by atoms with Crippen molar-refractivity contribution in [3.63, 3.8) is 0 Å². The first-order chi connectivity index (χ1) is 14.7.